The van der Waals surface area contributed by atoms with Crippen molar-refractivity contribution in [3.05, 3.63) is 59.5 Å². The van der Waals surface area contributed by atoms with Crippen LogP contribution in [-0.2, 0) is 9.53 Å². The quantitative estimate of drug-likeness (QED) is 0.590. The van der Waals surface area contributed by atoms with Gasteiger partial charge in [-0.25, -0.2) is 9.78 Å². The minimum atomic E-state index is -1.00. The fraction of sp³-hybridized carbons (Fsp3) is 0.190. The molecule has 0 saturated heterocycles. The van der Waals surface area contributed by atoms with E-state index < -0.39 is 18.0 Å². The van der Waals surface area contributed by atoms with Gasteiger partial charge in [0.25, 0.3) is 5.91 Å². The molecule has 3 rings (SSSR count). The number of hydrogen-bond acceptors (Lipinski definition) is 7. The van der Waals surface area contributed by atoms with E-state index >= 15 is 0 Å². The van der Waals surface area contributed by atoms with Crippen LogP contribution in [0.1, 0.15) is 17.3 Å². The van der Waals surface area contributed by atoms with Crippen molar-refractivity contribution in [2.24, 2.45) is 0 Å². The molecule has 0 saturated carbocycles. The highest BCUT2D eigenvalue weighted by molar-refractivity contribution is 7.14. The average Bonchev–Trinajstić information content (AvgIpc) is 3.22. The summed E-state index contributed by atoms with van der Waals surface area (Å²) in [6.07, 6.45) is -1.00. The Labute approximate surface area is 172 Å². The number of nitrogens with zero attached hydrogens (tertiary/aromatic N) is 1. The minimum absolute atomic E-state index is 0.253. The molecule has 0 bridgehead atoms. The van der Waals surface area contributed by atoms with Crippen molar-refractivity contribution in [2.75, 3.05) is 19.5 Å². The molecule has 0 fully saturated rings. The number of esters is 1. The lowest BCUT2D eigenvalue weighted by Crippen LogP contribution is -2.30. The summed E-state index contributed by atoms with van der Waals surface area (Å²) in [5, 5.41) is 4.96. The van der Waals surface area contributed by atoms with E-state index in [1.165, 1.54) is 38.5 Å². The lowest BCUT2D eigenvalue weighted by molar-refractivity contribution is -0.123. The Morgan fingerprint density at radius 1 is 1.03 bits per heavy atom. The van der Waals surface area contributed by atoms with E-state index in [2.05, 4.69) is 10.3 Å². The van der Waals surface area contributed by atoms with Gasteiger partial charge in [-0.2, -0.15) is 0 Å². The number of benzene rings is 2. The van der Waals surface area contributed by atoms with Crippen LogP contribution in [0, 0.1) is 0 Å². The molecule has 0 radical (unpaired) electrons. The molecule has 0 aliphatic carbocycles. The number of rotatable bonds is 7. The van der Waals surface area contributed by atoms with Gasteiger partial charge in [0, 0.05) is 10.9 Å². The van der Waals surface area contributed by atoms with E-state index in [0.717, 1.165) is 11.3 Å². The molecule has 0 aliphatic rings. The van der Waals surface area contributed by atoms with E-state index in [4.69, 9.17) is 14.2 Å². The SMILES string of the molecule is COc1ccc(C(=O)O[C@H](C)C(=O)Nc2nc(-c3ccccc3)cs2)cc1OC. The van der Waals surface area contributed by atoms with Crippen LogP contribution in [-0.4, -0.2) is 37.2 Å². The van der Waals surface area contributed by atoms with Crippen LogP contribution in [0.2, 0.25) is 0 Å². The van der Waals surface area contributed by atoms with Gasteiger partial charge in [0.1, 0.15) is 0 Å². The maximum absolute atomic E-state index is 12.4. The highest BCUT2D eigenvalue weighted by atomic mass is 32.1. The van der Waals surface area contributed by atoms with Crippen molar-refractivity contribution in [3.8, 4) is 22.8 Å². The second-order valence-electron chi connectivity index (χ2n) is 6.01. The standard InChI is InChI=1S/C21H20N2O5S/c1-13(28-20(25)15-9-10-17(26-2)18(11-15)27-3)19(24)23-21-22-16(12-29-21)14-7-5-4-6-8-14/h4-13H,1-3H3,(H,22,23,24)/t13-/m1/s1. The summed E-state index contributed by atoms with van der Waals surface area (Å²) in [5.74, 6) is -0.214. The lowest BCUT2D eigenvalue weighted by atomic mass is 10.2. The summed E-state index contributed by atoms with van der Waals surface area (Å²) in [6.45, 7) is 1.50. The number of carbonyl (C=O) groups is 2. The molecule has 1 amide bonds. The Balaban J connectivity index is 1.62. The van der Waals surface area contributed by atoms with Gasteiger partial charge in [-0.15, -0.1) is 11.3 Å². The van der Waals surface area contributed by atoms with Gasteiger partial charge in [0.05, 0.1) is 25.5 Å². The predicted molar refractivity (Wildman–Crippen MR) is 111 cm³/mol. The zero-order chi connectivity index (χ0) is 20.8. The number of carbonyl (C=O) groups excluding carboxylic acids is 2. The van der Waals surface area contributed by atoms with Gasteiger partial charge in [-0.1, -0.05) is 30.3 Å². The number of anilines is 1. The fourth-order valence-electron chi connectivity index (χ4n) is 2.52. The van der Waals surface area contributed by atoms with E-state index in [1.807, 2.05) is 35.7 Å². The third-order valence-corrected chi connectivity index (χ3v) is 4.83. The number of methoxy groups -OCH3 is 2. The molecule has 2 aromatic carbocycles. The summed E-state index contributed by atoms with van der Waals surface area (Å²) in [5.41, 5.74) is 1.97. The van der Waals surface area contributed by atoms with Crippen LogP contribution < -0.4 is 14.8 Å². The van der Waals surface area contributed by atoms with Crippen LogP contribution in [0.4, 0.5) is 5.13 Å². The van der Waals surface area contributed by atoms with Gasteiger partial charge in [-0.05, 0) is 25.1 Å². The molecule has 0 aliphatic heterocycles. The summed E-state index contributed by atoms with van der Waals surface area (Å²) in [6, 6.07) is 14.3. The van der Waals surface area contributed by atoms with Crippen molar-refractivity contribution in [1.29, 1.82) is 0 Å². The largest absolute Gasteiger partial charge is 0.493 e. The Morgan fingerprint density at radius 2 is 1.76 bits per heavy atom. The van der Waals surface area contributed by atoms with Crippen LogP contribution in [0.15, 0.2) is 53.9 Å². The third-order valence-electron chi connectivity index (χ3n) is 4.08. The first kappa shape index (κ1) is 20.3. The molecule has 1 heterocycles. The number of amides is 1. The molecule has 29 heavy (non-hydrogen) atoms. The molecule has 0 unspecified atom stereocenters. The van der Waals surface area contributed by atoms with E-state index in [1.54, 1.807) is 12.1 Å². The van der Waals surface area contributed by atoms with Crippen LogP contribution in [0.25, 0.3) is 11.3 Å². The van der Waals surface area contributed by atoms with E-state index in [-0.39, 0.29) is 5.56 Å². The van der Waals surface area contributed by atoms with Crippen molar-refractivity contribution >= 4 is 28.3 Å². The molecular weight excluding hydrogens is 392 g/mol. The minimum Gasteiger partial charge on any atom is -0.493 e. The second kappa shape index (κ2) is 9.20. The molecule has 1 atom stereocenters. The highest BCUT2D eigenvalue weighted by Crippen LogP contribution is 2.28. The summed E-state index contributed by atoms with van der Waals surface area (Å²) in [7, 11) is 2.98. The smallest absolute Gasteiger partial charge is 0.339 e. The summed E-state index contributed by atoms with van der Waals surface area (Å²) >= 11 is 1.30. The Morgan fingerprint density at radius 3 is 2.45 bits per heavy atom. The first-order chi connectivity index (χ1) is 14.0. The first-order valence-electron chi connectivity index (χ1n) is 8.76. The van der Waals surface area contributed by atoms with Crippen molar-refractivity contribution in [3.63, 3.8) is 0 Å². The highest BCUT2D eigenvalue weighted by Gasteiger charge is 2.21. The molecule has 1 aromatic heterocycles. The van der Waals surface area contributed by atoms with Gasteiger partial charge in [0.2, 0.25) is 0 Å². The third kappa shape index (κ3) is 4.91. The second-order valence-corrected chi connectivity index (χ2v) is 6.87. The van der Waals surface area contributed by atoms with Crippen molar-refractivity contribution in [2.45, 2.75) is 13.0 Å². The maximum atomic E-state index is 12.4. The zero-order valence-electron chi connectivity index (χ0n) is 16.2. The Bertz CT molecular complexity index is 1000. The maximum Gasteiger partial charge on any atom is 0.339 e. The van der Waals surface area contributed by atoms with E-state index in [9.17, 15) is 9.59 Å². The first-order valence-corrected chi connectivity index (χ1v) is 9.64. The monoisotopic (exact) mass is 412 g/mol. The van der Waals surface area contributed by atoms with Gasteiger partial charge in [0.15, 0.2) is 22.7 Å². The summed E-state index contributed by atoms with van der Waals surface area (Å²) < 4.78 is 15.6. The predicted octanol–water partition coefficient (Wildman–Crippen LogP) is 4.01. The normalized spacial score (nSPS) is 11.4. The van der Waals surface area contributed by atoms with E-state index in [0.29, 0.717) is 16.6 Å². The van der Waals surface area contributed by atoms with Gasteiger partial charge < -0.3 is 14.2 Å². The summed E-state index contributed by atoms with van der Waals surface area (Å²) in [4.78, 5) is 29.1. The Hall–Kier alpha value is -3.39. The lowest BCUT2D eigenvalue weighted by Gasteiger charge is -2.13. The molecule has 150 valence electrons. The van der Waals surface area contributed by atoms with Crippen molar-refractivity contribution in [1.82, 2.24) is 4.98 Å². The topological polar surface area (TPSA) is 86.8 Å². The average molecular weight is 412 g/mol. The number of nitrogens with one attached hydrogen (secondary N) is 1. The molecule has 1 N–H and O–H groups in total. The van der Waals surface area contributed by atoms with Crippen LogP contribution in [0.3, 0.4) is 0 Å². The number of thiazole rings is 1. The molecule has 8 heteroatoms. The molecule has 3 aromatic rings. The molecule has 7 nitrogen and oxygen atoms in total. The zero-order valence-corrected chi connectivity index (χ0v) is 17.0. The Kier molecular flexibility index (Phi) is 6.46. The number of aromatic nitrogens is 1. The molecular formula is C21H20N2O5S. The van der Waals surface area contributed by atoms with Crippen molar-refractivity contribution < 1.29 is 23.8 Å². The number of ether oxygens (including phenoxy) is 3. The molecule has 0 spiro atoms. The number of hydrogen-bond donors (Lipinski definition) is 1. The van der Waals surface area contributed by atoms with Crippen LogP contribution in [0.5, 0.6) is 11.5 Å². The van der Waals surface area contributed by atoms with Crippen LogP contribution >= 0.6 is 11.3 Å². The van der Waals surface area contributed by atoms with Gasteiger partial charge in [-0.3, -0.25) is 10.1 Å². The fourth-order valence-corrected chi connectivity index (χ4v) is 3.25. The van der Waals surface area contributed by atoms with Gasteiger partial charge >= 0.3 is 5.97 Å².